The quantitative estimate of drug-likeness (QED) is 0.323. The molecule has 0 aliphatic rings. The number of aryl methyl sites for hydroxylation is 2. The fraction of sp³-hybridized carbons (Fsp3) is 0.143. The molecule has 3 aromatic carbocycles. The van der Waals surface area contributed by atoms with Gasteiger partial charge in [0.15, 0.2) is 11.6 Å². The number of ether oxygens (including phenoxy) is 1. The van der Waals surface area contributed by atoms with Gasteiger partial charge in [0.25, 0.3) is 5.91 Å². The Morgan fingerprint density at radius 1 is 0.971 bits per heavy atom. The number of carbonyl (C=O) groups is 1. The molecule has 2 aromatic heterocycles. The molecule has 0 radical (unpaired) electrons. The molecular weight excluding hydrogens is 426 g/mol. The van der Waals surface area contributed by atoms with E-state index < -0.39 is 0 Å². The molecule has 0 aliphatic carbocycles. The highest BCUT2D eigenvalue weighted by molar-refractivity contribution is 6.01. The van der Waals surface area contributed by atoms with Crippen LogP contribution in [0, 0.1) is 13.8 Å². The third kappa shape index (κ3) is 4.86. The van der Waals surface area contributed by atoms with E-state index in [-0.39, 0.29) is 18.3 Å². The number of fused-ring (bicyclic) bond motifs is 1. The van der Waals surface area contributed by atoms with Crippen LogP contribution < -0.4 is 10.1 Å². The first kappa shape index (κ1) is 21.5. The maximum atomic E-state index is 12.6. The Balaban J connectivity index is 1.21. The van der Waals surface area contributed by atoms with Crippen molar-refractivity contribution in [2.45, 2.75) is 27.0 Å². The van der Waals surface area contributed by atoms with Crippen LogP contribution in [-0.4, -0.2) is 15.7 Å². The molecule has 5 aromatic rings. The van der Waals surface area contributed by atoms with Gasteiger partial charge in [-0.2, -0.15) is 5.10 Å². The van der Waals surface area contributed by atoms with Gasteiger partial charge in [-0.25, -0.2) is 0 Å². The molecule has 34 heavy (non-hydrogen) atoms. The summed E-state index contributed by atoms with van der Waals surface area (Å²) in [6, 6.07) is 25.7. The summed E-state index contributed by atoms with van der Waals surface area (Å²) >= 11 is 0. The van der Waals surface area contributed by atoms with Crippen molar-refractivity contribution in [3.8, 4) is 5.75 Å². The second-order valence-electron chi connectivity index (χ2n) is 8.37. The zero-order chi connectivity index (χ0) is 23.5. The summed E-state index contributed by atoms with van der Waals surface area (Å²) in [6.07, 6.45) is 1.85. The number of anilines is 1. The molecular formula is C28H25N3O3. The Hall–Kier alpha value is -4.32. The summed E-state index contributed by atoms with van der Waals surface area (Å²) in [4.78, 5) is 12.6. The van der Waals surface area contributed by atoms with Crippen molar-refractivity contribution in [2.24, 2.45) is 0 Å². The SMILES string of the molecule is Cc1cc(C)cc(OCc2ccc(C(=O)Nc3ccn(Cc4cccc5ccccc45)n3)o2)c1. The lowest BCUT2D eigenvalue weighted by Gasteiger charge is -2.07. The zero-order valence-electron chi connectivity index (χ0n) is 19.1. The van der Waals surface area contributed by atoms with Crippen LogP contribution in [0.25, 0.3) is 10.8 Å². The average molecular weight is 452 g/mol. The normalized spacial score (nSPS) is 11.0. The van der Waals surface area contributed by atoms with Gasteiger partial charge in [-0.05, 0) is 65.6 Å². The fourth-order valence-electron chi connectivity index (χ4n) is 4.05. The molecule has 0 bridgehead atoms. The highest BCUT2D eigenvalue weighted by Crippen LogP contribution is 2.21. The van der Waals surface area contributed by atoms with Gasteiger partial charge in [0.05, 0.1) is 6.54 Å². The zero-order valence-corrected chi connectivity index (χ0v) is 19.1. The number of hydrogen-bond acceptors (Lipinski definition) is 4. The molecule has 0 fully saturated rings. The lowest BCUT2D eigenvalue weighted by Crippen LogP contribution is -2.12. The van der Waals surface area contributed by atoms with Gasteiger partial charge in [0.2, 0.25) is 0 Å². The minimum absolute atomic E-state index is 0.211. The highest BCUT2D eigenvalue weighted by Gasteiger charge is 2.14. The lowest BCUT2D eigenvalue weighted by molar-refractivity contribution is 0.0992. The van der Waals surface area contributed by atoms with Crippen LogP contribution in [0.5, 0.6) is 5.75 Å². The van der Waals surface area contributed by atoms with Crippen molar-refractivity contribution in [3.63, 3.8) is 0 Å². The largest absolute Gasteiger partial charge is 0.486 e. The number of hydrogen-bond donors (Lipinski definition) is 1. The maximum absolute atomic E-state index is 12.6. The number of benzene rings is 3. The van der Waals surface area contributed by atoms with E-state index in [9.17, 15) is 4.79 Å². The van der Waals surface area contributed by atoms with E-state index in [1.165, 1.54) is 16.3 Å². The molecule has 5 rings (SSSR count). The van der Waals surface area contributed by atoms with Crippen molar-refractivity contribution in [1.82, 2.24) is 9.78 Å². The predicted octanol–water partition coefficient (Wildman–Crippen LogP) is 6.13. The Bertz CT molecular complexity index is 1440. The number of rotatable bonds is 7. The van der Waals surface area contributed by atoms with Crippen LogP contribution in [0.2, 0.25) is 0 Å². The molecule has 0 saturated heterocycles. The van der Waals surface area contributed by atoms with E-state index in [2.05, 4.69) is 40.7 Å². The van der Waals surface area contributed by atoms with Crippen LogP contribution in [-0.2, 0) is 13.2 Å². The van der Waals surface area contributed by atoms with Crippen molar-refractivity contribution in [2.75, 3.05) is 5.32 Å². The minimum Gasteiger partial charge on any atom is -0.486 e. The second-order valence-corrected chi connectivity index (χ2v) is 8.37. The van der Waals surface area contributed by atoms with Crippen LogP contribution >= 0.6 is 0 Å². The van der Waals surface area contributed by atoms with Crippen LogP contribution in [0.1, 0.15) is 33.0 Å². The molecule has 1 N–H and O–H groups in total. The summed E-state index contributed by atoms with van der Waals surface area (Å²) in [5.74, 6) is 1.67. The van der Waals surface area contributed by atoms with Gasteiger partial charge >= 0.3 is 0 Å². The van der Waals surface area contributed by atoms with Crippen LogP contribution in [0.4, 0.5) is 5.82 Å². The Kier molecular flexibility index (Phi) is 5.87. The summed E-state index contributed by atoms with van der Waals surface area (Å²) in [5, 5.41) is 9.68. The summed E-state index contributed by atoms with van der Waals surface area (Å²) < 4.78 is 13.3. The van der Waals surface area contributed by atoms with E-state index in [1.807, 2.05) is 55.1 Å². The van der Waals surface area contributed by atoms with Gasteiger partial charge in [0, 0.05) is 12.3 Å². The number of nitrogens with one attached hydrogen (secondary N) is 1. The van der Waals surface area contributed by atoms with Crippen molar-refractivity contribution < 1.29 is 13.9 Å². The van der Waals surface area contributed by atoms with Crippen LogP contribution in [0.15, 0.2) is 89.5 Å². The van der Waals surface area contributed by atoms with Gasteiger partial charge < -0.3 is 14.5 Å². The molecule has 2 heterocycles. The van der Waals surface area contributed by atoms with Crippen molar-refractivity contribution in [3.05, 3.63) is 113 Å². The third-order valence-corrected chi connectivity index (χ3v) is 5.56. The topological polar surface area (TPSA) is 69.3 Å². The van der Waals surface area contributed by atoms with Crippen molar-refractivity contribution >= 4 is 22.5 Å². The maximum Gasteiger partial charge on any atom is 0.292 e. The molecule has 0 saturated carbocycles. The Morgan fingerprint density at radius 3 is 2.62 bits per heavy atom. The van der Waals surface area contributed by atoms with E-state index in [1.54, 1.807) is 18.2 Å². The fourth-order valence-corrected chi connectivity index (χ4v) is 4.05. The van der Waals surface area contributed by atoms with Gasteiger partial charge in [0.1, 0.15) is 18.1 Å². The predicted molar refractivity (Wildman–Crippen MR) is 132 cm³/mol. The van der Waals surface area contributed by atoms with Crippen LogP contribution in [0.3, 0.4) is 0 Å². The third-order valence-electron chi connectivity index (χ3n) is 5.56. The summed E-state index contributed by atoms with van der Waals surface area (Å²) in [5.41, 5.74) is 3.43. The summed E-state index contributed by atoms with van der Waals surface area (Å²) in [7, 11) is 0. The van der Waals surface area contributed by atoms with E-state index >= 15 is 0 Å². The monoisotopic (exact) mass is 451 g/mol. The number of aromatic nitrogens is 2. The van der Waals surface area contributed by atoms with E-state index in [0.29, 0.717) is 18.1 Å². The number of amides is 1. The Morgan fingerprint density at radius 2 is 1.76 bits per heavy atom. The van der Waals surface area contributed by atoms with E-state index in [4.69, 9.17) is 9.15 Å². The summed E-state index contributed by atoms with van der Waals surface area (Å²) in [6.45, 7) is 4.91. The number of nitrogens with zero attached hydrogens (tertiary/aromatic N) is 2. The first-order valence-electron chi connectivity index (χ1n) is 11.1. The molecule has 1 amide bonds. The number of furan rings is 1. The number of carbonyl (C=O) groups excluding carboxylic acids is 1. The molecule has 0 atom stereocenters. The first-order valence-corrected chi connectivity index (χ1v) is 11.1. The highest BCUT2D eigenvalue weighted by atomic mass is 16.5. The molecule has 6 heteroatoms. The molecule has 170 valence electrons. The molecule has 0 aliphatic heterocycles. The van der Waals surface area contributed by atoms with E-state index in [0.717, 1.165) is 16.9 Å². The average Bonchev–Trinajstić information content (AvgIpc) is 3.47. The molecule has 0 spiro atoms. The standard InChI is InChI=1S/C28H25N3O3/c1-19-14-20(2)16-24(15-19)33-18-23-10-11-26(34-23)28(32)29-27-12-13-31(30-27)17-22-8-5-7-21-6-3-4-9-25(21)22/h3-16H,17-18H2,1-2H3,(H,29,30,32). The lowest BCUT2D eigenvalue weighted by atomic mass is 10.0. The molecule has 6 nitrogen and oxygen atoms in total. The van der Waals surface area contributed by atoms with Gasteiger partial charge in [-0.3, -0.25) is 9.48 Å². The minimum atomic E-state index is -0.354. The first-order chi connectivity index (χ1) is 16.5. The van der Waals surface area contributed by atoms with Gasteiger partial charge in [-0.1, -0.05) is 48.5 Å². The van der Waals surface area contributed by atoms with Crippen molar-refractivity contribution in [1.29, 1.82) is 0 Å². The smallest absolute Gasteiger partial charge is 0.292 e. The Labute approximate surface area is 197 Å². The second kappa shape index (κ2) is 9.27. The molecule has 0 unspecified atom stereocenters. The van der Waals surface area contributed by atoms with Gasteiger partial charge in [-0.15, -0.1) is 0 Å².